The van der Waals surface area contributed by atoms with Crippen LogP contribution >= 0.6 is 0 Å². The average molecular weight is 210 g/mol. The summed E-state index contributed by atoms with van der Waals surface area (Å²) in [6.07, 6.45) is 0. The Labute approximate surface area is 90.0 Å². The van der Waals surface area contributed by atoms with Crippen molar-refractivity contribution in [2.75, 3.05) is 37.1 Å². The fourth-order valence-corrected chi connectivity index (χ4v) is 1.25. The maximum atomic E-state index is 5.64. The summed E-state index contributed by atoms with van der Waals surface area (Å²) >= 11 is 0. The second-order valence-corrected chi connectivity index (χ2v) is 3.56. The van der Waals surface area contributed by atoms with Crippen molar-refractivity contribution < 1.29 is 4.74 Å². The number of pyridine rings is 1. The normalized spacial score (nSPS) is 12.5. The van der Waals surface area contributed by atoms with E-state index in [1.165, 1.54) is 0 Å². The fraction of sp³-hybridized carbons (Fsp3) is 0.500. The molecule has 1 atom stereocenters. The van der Waals surface area contributed by atoms with Gasteiger partial charge >= 0.3 is 0 Å². The molecule has 1 aromatic rings. The zero-order valence-electron chi connectivity index (χ0n) is 9.40. The highest BCUT2D eigenvalue weighted by Gasteiger charge is 2.11. The van der Waals surface area contributed by atoms with E-state index in [0.29, 0.717) is 18.1 Å². The summed E-state index contributed by atoms with van der Waals surface area (Å²) in [5, 5.41) is 0. The molecular formula is C10H18N4O. The molecule has 5 heteroatoms. The Bertz CT molecular complexity index is 329. The van der Waals surface area contributed by atoms with Crippen LogP contribution in [0.1, 0.15) is 6.92 Å². The monoisotopic (exact) mass is 210 g/mol. The van der Waals surface area contributed by atoms with Crippen molar-refractivity contribution in [3.8, 4) is 0 Å². The van der Waals surface area contributed by atoms with Gasteiger partial charge < -0.3 is 21.1 Å². The van der Waals surface area contributed by atoms with Crippen LogP contribution in [0.2, 0.25) is 0 Å². The molecule has 84 valence electrons. The number of aromatic nitrogens is 1. The third kappa shape index (κ3) is 2.73. The van der Waals surface area contributed by atoms with Gasteiger partial charge in [-0.1, -0.05) is 0 Å². The van der Waals surface area contributed by atoms with Crippen molar-refractivity contribution >= 4 is 17.3 Å². The predicted molar refractivity (Wildman–Crippen MR) is 62.8 cm³/mol. The Kier molecular flexibility index (Phi) is 3.74. The number of hydrogen-bond acceptors (Lipinski definition) is 5. The fourth-order valence-electron chi connectivity index (χ4n) is 1.25. The van der Waals surface area contributed by atoms with Crippen molar-refractivity contribution in [3.63, 3.8) is 0 Å². The lowest BCUT2D eigenvalue weighted by Gasteiger charge is -2.25. The van der Waals surface area contributed by atoms with Crippen LogP contribution < -0.4 is 16.4 Å². The number of nitrogens with zero attached hydrogens (tertiary/aromatic N) is 2. The van der Waals surface area contributed by atoms with Gasteiger partial charge in [0.1, 0.15) is 11.6 Å². The largest absolute Gasteiger partial charge is 0.396 e. The Balaban J connectivity index is 2.81. The lowest BCUT2D eigenvalue weighted by Crippen LogP contribution is -2.33. The molecule has 1 heterocycles. The highest BCUT2D eigenvalue weighted by molar-refractivity contribution is 5.62. The Morgan fingerprint density at radius 3 is 2.67 bits per heavy atom. The molecule has 0 saturated heterocycles. The molecule has 0 spiro atoms. The molecule has 0 aliphatic heterocycles. The van der Waals surface area contributed by atoms with Crippen molar-refractivity contribution in [2.45, 2.75) is 13.0 Å². The molecule has 1 rings (SSSR count). The SMILES string of the molecule is COCC(C)N(C)c1ccc(N)c(N)n1. The summed E-state index contributed by atoms with van der Waals surface area (Å²) in [6, 6.07) is 3.84. The van der Waals surface area contributed by atoms with E-state index >= 15 is 0 Å². The van der Waals surface area contributed by atoms with Crippen LogP contribution in [-0.2, 0) is 4.74 Å². The highest BCUT2D eigenvalue weighted by atomic mass is 16.5. The Morgan fingerprint density at radius 2 is 2.13 bits per heavy atom. The van der Waals surface area contributed by atoms with E-state index in [1.807, 2.05) is 18.0 Å². The summed E-state index contributed by atoms with van der Waals surface area (Å²) < 4.78 is 5.07. The zero-order valence-corrected chi connectivity index (χ0v) is 9.40. The van der Waals surface area contributed by atoms with E-state index in [2.05, 4.69) is 11.9 Å². The number of anilines is 3. The van der Waals surface area contributed by atoms with Gasteiger partial charge in [-0.25, -0.2) is 4.98 Å². The molecule has 1 unspecified atom stereocenters. The van der Waals surface area contributed by atoms with Crippen LogP contribution in [0.25, 0.3) is 0 Å². The van der Waals surface area contributed by atoms with E-state index < -0.39 is 0 Å². The van der Waals surface area contributed by atoms with Crippen molar-refractivity contribution in [2.24, 2.45) is 0 Å². The summed E-state index contributed by atoms with van der Waals surface area (Å²) in [5.74, 6) is 1.16. The van der Waals surface area contributed by atoms with Gasteiger partial charge in [0, 0.05) is 14.2 Å². The van der Waals surface area contributed by atoms with E-state index in [4.69, 9.17) is 16.2 Å². The number of nitrogens with two attached hydrogens (primary N) is 2. The van der Waals surface area contributed by atoms with Gasteiger partial charge in [-0.15, -0.1) is 0 Å². The zero-order chi connectivity index (χ0) is 11.4. The minimum atomic E-state index is 0.241. The number of likely N-dealkylation sites (N-methyl/N-ethyl adjacent to an activating group) is 1. The predicted octanol–water partition coefficient (Wildman–Crippen LogP) is 0.717. The number of rotatable bonds is 4. The molecule has 5 nitrogen and oxygen atoms in total. The van der Waals surface area contributed by atoms with Gasteiger partial charge in [-0.05, 0) is 19.1 Å². The summed E-state index contributed by atoms with van der Waals surface area (Å²) in [6.45, 7) is 2.69. The minimum Gasteiger partial charge on any atom is -0.396 e. The van der Waals surface area contributed by atoms with Crippen LogP contribution in [0.5, 0.6) is 0 Å². The smallest absolute Gasteiger partial charge is 0.149 e. The molecule has 15 heavy (non-hydrogen) atoms. The first-order valence-electron chi connectivity index (χ1n) is 4.80. The molecule has 0 fully saturated rings. The molecule has 0 aliphatic carbocycles. The first kappa shape index (κ1) is 11.6. The minimum absolute atomic E-state index is 0.241. The molecule has 0 aromatic carbocycles. The van der Waals surface area contributed by atoms with Crippen LogP contribution in [0.3, 0.4) is 0 Å². The molecular weight excluding hydrogens is 192 g/mol. The van der Waals surface area contributed by atoms with E-state index in [-0.39, 0.29) is 6.04 Å². The van der Waals surface area contributed by atoms with Gasteiger partial charge in [-0.3, -0.25) is 0 Å². The lowest BCUT2D eigenvalue weighted by atomic mass is 10.3. The second kappa shape index (κ2) is 4.84. The van der Waals surface area contributed by atoms with E-state index in [1.54, 1.807) is 13.2 Å². The standard InChI is InChI=1S/C10H18N4O/c1-7(6-15-3)14(2)9-5-4-8(11)10(12)13-9/h4-5,7H,6,11H2,1-3H3,(H2,12,13). The van der Waals surface area contributed by atoms with Crippen molar-refractivity contribution in [1.29, 1.82) is 0 Å². The first-order chi connectivity index (χ1) is 7.06. The molecule has 4 N–H and O–H groups in total. The summed E-state index contributed by atoms with van der Waals surface area (Å²) in [7, 11) is 3.62. The molecule has 0 radical (unpaired) electrons. The van der Waals surface area contributed by atoms with Crippen LogP contribution in [0.15, 0.2) is 12.1 Å². The van der Waals surface area contributed by atoms with Gasteiger partial charge in [0.05, 0.1) is 18.3 Å². The third-order valence-electron chi connectivity index (χ3n) is 2.37. The number of methoxy groups -OCH3 is 1. The van der Waals surface area contributed by atoms with Crippen molar-refractivity contribution in [1.82, 2.24) is 4.98 Å². The summed E-state index contributed by atoms with van der Waals surface area (Å²) in [5.41, 5.74) is 11.7. The average Bonchev–Trinajstić information content (AvgIpc) is 2.21. The van der Waals surface area contributed by atoms with Gasteiger partial charge in [0.15, 0.2) is 0 Å². The molecule has 0 aliphatic rings. The molecule has 0 amide bonds. The number of hydrogen-bond donors (Lipinski definition) is 2. The highest BCUT2D eigenvalue weighted by Crippen LogP contribution is 2.18. The van der Waals surface area contributed by atoms with Gasteiger partial charge in [0.2, 0.25) is 0 Å². The number of nitrogen functional groups attached to an aromatic ring is 2. The van der Waals surface area contributed by atoms with E-state index in [0.717, 1.165) is 5.82 Å². The topological polar surface area (TPSA) is 77.4 Å². The summed E-state index contributed by atoms with van der Waals surface area (Å²) in [4.78, 5) is 6.20. The molecule has 0 bridgehead atoms. The van der Waals surface area contributed by atoms with Gasteiger partial charge in [-0.2, -0.15) is 0 Å². The second-order valence-electron chi connectivity index (χ2n) is 3.56. The Morgan fingerprint density at radius 1 is 1.47 bits per heavy atom. The number of ether oxygens (including phenoxy) is 1. The maximum absolute atomic E-state index is 5.64. The van der Waals surface area contributed by atoms with E-state index in [9.17, 15) is 0 Å². The third-order valence-corrected chi connectivity index (χ3v) is 2.37. The van der Waals surface area contributed by atoms with Crippen LogP contribution in [0.4, 0.5) is 17.3 Å². The molecule has 0 saturated carbocycles. The quantitative estimate of drug-likeness (QED) is 0.765. The van der Waals surface area contributed by atoms with Gasteiger partial charge in [0.25, 0.3) is 0 Å². The lowest BCUT2D eigenvalue weighted by molar-refractivity contribution is 0.183. The van der Waals surface area contributed by atoms with Crippen LogP contribution in [-0.4, -0.2) is 31.8 Å². The Hall–Kier alpha value is -1.49. The maximum Gasteiger partial charge on any atom is 0.149 e. The first-order valence-corrected chi connectivity index (χ1v) is 4.80. The molecule has 1 aromatic heterocycles. The van der Waals surface area contributed by atoms with Crippen molar-refractivity contribution in [3.05, 3.63) is 12.1 Å². The van der Waals surface area contributed by atoms with Crippen LogP contribution in [0, 0.1) is 0 Å².